The van der Waals surface area contributed by atoms with Gasteiger partial charge < -0.3 is 47.7 Å². The van der Waals surface area contributed by atoms with Crippen molar-refractivity contribution in [3.05, 3.63) is 65.5 Å². The van der Waals surface area contributed by atoms with Crippen molar-refractivity contribution in [3.8, 4) is 0 Å². The van der Waals surface area contributed by atoms with E-state index < -0.39 is 132 Å². The molecule has 0 radical (unpaired) electrons. The van der Waals surface area contributed by atoms with Crippen LogP contribution in [0.5, 0.6) is 0 Å². The van der Waals surface area contributed by atoms with Crippen LogP contribution in [0.1, 0.15) is 88.2 Å². The number of carbonyl (C=O) groups excluding carboxylic acids is 8. The summed E-state index contributed by atoms with van der Waals surface area (Å²) in [6.07, 6.45) is -10.6. The van der Waals surface area contributed by atoms with Gasteiger partial charge in [0.15, 0.2) is 30.0 Å². The second kappa shape index (κ2) is 17.1. The number of ether oxygens (including phenoxy) is 9. The second-order valence-corrected chi connectivity index (χ2v) is 16.4. The second-order valence-electron chi connectivity index (χ2n) is 16.4. The molecule has 2 aromatic rings. The Morgan fingerprint density at radius 2 is 1.37 bits per heavy atom. The standard InChI is InChI=1S/C43H49NO18/c1-21-16-17-29-28(15-12-18-44-29)39(52)55-19-40(7)30-31(56-23(3)46)35(59-26(6)49)42(20-54-22(2)45)36(61-38(51)27-13-10-9-11-14-27)32(57-24(4)47)34(60-37(21)50)41(8,53)43(42,62-40)33(30)58-25(5)48/h9-15,18,21,30-36,53H,16-17,19-20H2,1-8H3/t21-,30-,31+,32+,33+,34+,35-,36-,40+,41-,42-,43+/m1/s1. The van der Waals surface area contributed by atoms with E-state index in [4.69, 9.17) is 42.6 Å². The Morgan fingerprint density at radius 3 is 1.98 bits per heavy atom. The van der Waals surface area contributed by atoms with Crippen LogP contribution in [-0.4, -0.2) is 124 Å². The van der Waals surface area contributed by atoms with Crippen LogP contribution >= 0.6 is 0 Å². The van der Waals surface area contributed by atoms with Gasteiger partial charge in [-0.1, -0.05) is 25.1 Å². The van der Waals surface area contributed by atoms with Gasteiger partial charge in [0, 0.05) is 40.8 Å². The highest BCUT2D eigenvalue weighted by atomic mass is 16.7. The number of carbonyl (C=O) groups is 8. The molecule has 1 aromatic carbocycles. The van der Waals surface area contributed by atoms with Crippen molar-refractivity contribution in [2.24, 2.45) is 17.3 Å². The van der Waals surface area contributed by atoms with Crippen LogP contribution in [0.15, 0.2) is 48.7 Å². The van der Waals surface area contributed by atoms with Gasteiger partial charge in [0.1, 0.15) is 42.0 Å². The number of benzene rings is 1. The predicted octanol–water partition coefficient (Wildman–Crippen LogP) is 2.16. The van der Waals surface area contributed by atoms with Gasteiger partial charge in [-0.15, -0.1) is 0 Å². The molecule has 4 aliphatic rings. The SMILES string of the molecule is CC(=O)OC[C@@]12[C@H](OC(=O)c3ccccc3)[C@@H](OC(C)=O)[C@@H]3OC(=O)[C@H](C)CCc4ncccc4C(=O)OC[C@]4(C)O[C@@]1([C@@H](OC(C)=O)[C@H]4[C@H](OC(C)=O)[C@H]2OC(C)=O)[C@]3(C)O. The van der Waals surface area contributed by atoms with Crippen LogP contribution in [0.4, 0.5) is 0 Å². The average molecular weight is 868 g/mol. The summed E-state index contributed by atoms with van der Waals surface area (Å²) in [6.45, 7) is 7.17. The van der Waals surface area contributed by atoms with Crippen LogP contribution in [0, 0.1) is 17.3 Å². The zero-order valence-electron chi connectivity index (χ0n) is 35.4. The lowest BCUT2D eigenvalue weighted by Gasteiger charge is -2.67. The largest absolute Gasteiger partial charge is 0.465 e. The van der Waals surface area contributed by atoms with E-state index in [0.29, 0.717) is 0 Å². The fourth-order valence-electron chi connectivity index (χ4n) is 9.74. The van der Waals surface area contributed by atoms with E-state index in [0.717, 1.165) is 41.5 Å². The number of hydrogen-bond acceptors (Lipinski definition) is 19. The third-order valence-corrected chi connectivity index (χ3v) is 12.1. The van der Waals surface area contributed by atoms with Gasteiger partial charge in [0.25, 0.3) is 0 Å². The van der Waals surface area contributed by atoms with Crippen LogP contribution in [-0.2, 0) is 77.8 Å². The molecule has 1 aromatic heterocycles. The van der Waals surface area contributed by atoms with E-state index in [2.05, 4.69) is 4.98 Å². The van der Waals surface area contributed by atoms with Crippen molar-refractivity contribution in [2.45, 2.75) is 122 Å². The van der Waals surface area contributed by atoms with Gasteiger partial charge in [0.2, 0.25) is 0 Å². The quantitative estimate of drug-likeness (QED) is 0.295. The van der Waals surface area contributed by atoms with Crippen molar-refractivity contribution in [2.75, 3.05) is 13.2 Å². The summed E-state index contributed by atoms with van der Waals surface area (Å²) >= 11 is 0. The maximum absolute atomic E-state index is 14.4. The molecule has 3 heterocycles. The highest BCUT2D eigenvalue weighted by molar-refractivity contribution is 5.91. The third kappa shape index (κ3) is 7.76. The number of cyclic esters (lactones) is 1. The van der Waals surface area contributed by atoms with Gasteiger partial charge in [-0.3, -0.25) is 33.8 Å². The maximum atomic E-state index is 14.4. The molecule has 2 saturated carbocycles. The third-order valence-electron chi connectivity index (χ3n) is 12.1. The van der Waals surface area contributed by atoms with Gasteiger partial charge >= 0.3 is 47.8 Å². The summed E-state index contributed by atoms with van der Waals surface area (Å²) in [4.78, 5) is 113. The molecule has 4 bridgehead atoms. The highest BCUT2D eigenvalue weighted by Crippen LogP contribution is 2.70. The van der Waals surface area contributed by atoms with Crippen LogP contribution in [0.3, 0.4) is 0 Å². The molecule has 1 saturated heterocycles. The lowest BCUT2D eigenvalue weighted by atomic mass is 9.45. The minimum absolute atomic E-state index is 0.0225. The Bertz CT molecular complexity index is 2140. The number of aromatic nitrogens is 1. The number of pyridine rings is 1. The molecule has 62 heavy (non-hydrogen) atoms. The molecule has 334 valence electrons. The Labute approximate surface area is 355 Å². The van der Waals surface area contributed by atoms with Gasteiger partial charge in [-0.25, -0.2) is 9.59 Å². The first-order chi connectivity index (χ1) is 29.1. The summed E-state index contributed by atoms with van der Waals surface area (Å²) in [6, 6.07) is 10.4. The predicted molar refractivity (Wildman–Crippen MR) is 205 cm³/mol. The van der Waals surface area contributed by atoms with Crippen LogP contribution < -0.4 is 0 Å². The van der Waals surface area contributed by atoms with E-state index in [1.807, 2.05) is 0 Å². The molecular formula is C43H49NO18. The molecular weight excluding hydrogens is 818 g/mol. The molecule has 2 aliphatic heterocycles. The summed E-state index contributed by atoms with van der Waals surface area (Å²) < 4.78 is 55.4. The molecule has 6 rings (SSSR count). The van der Waals surface area contributed by atoms with Crippen LogP contribution in [0.2, 0.25) is 0 Å². The van der Waals surface area contributed by atoms with E-state index in [1.165, 1.54) is 56.4 Å². The first-order valence-electron chi connectivity index (χ1n) is 19.9. The molecule has 12 atom stereocenters. The number of nitrogens with zero attached hydrogens (tertiary/aromatic N) is 1. The Hall–Kier alpha value is -5.95. The van der Waals surface area contributed by atoms with Gasteiger partial charge in [-0.2, -0.15) is 0 Å². The monoisotopic (exact) mass is 867 g/mol. The molecule has 19 nitrogen and oxygen atoms in total. The molecule has 0 unspecified atom stereocenters. The van der Waals surface area contributed by atoms with E-state index >= 15 is 0 Å². The lowest BCUT2D eigenvalue weighted by Crippen LogP contribution is -2.89. The molecule has 0 amide bonds. The Kier molecular flexibility index (Phi) is 12.6. The minimum Gasteiger partial charge on any atom is -0.465 e. The van der Waals surface area contributed by atoms with E-state index in [9.17, 15) is 43.5 Å². The van der Waals surface area contributed by atoms with Crippen molar-refractivity contribution < 1.29 is 86.1 Å². The number of aryl methyl sites for hydroxylation is 1. The fourth-order valence-corrected chi connectivity index (χ4v) is 9.74. The summed E-state index contributed by atoms with van der Waals surface area (Å²) in [5.74, 6) is -10.7. The molecule has 1 spiro atoms. The summed E-state index contributed by atoms with van der Waals surface area (Å²) in [5.41, 5.74) is -10.2. The highest BCUT2D eigenvalue weighted by Gasteiger charge is 2.92. The van der Waals surface area contributed by atoms with E-state index in [1.54, 1.807) is 6.07 Å². The van der Waals surface area contributed by atoms with Crippen molar-refractivity contribution in [1.29, 1.82) is 0 Å². The Morgan fingerprint density at radius 1 is 0.774 bits per heavy atom. The summed E-state index contributed by atoms with van der Waals surface area (Å²) in [7, 11) is 0. The first kappa shape index (κ1) is 45.6. The smallest absolute Gasteiger partial charge is 0.340 e. The zero-order valence-corrected chi connectivity index (χ0v) is 35.4. The normalized spacial score (nSPS) is 35.0. The summed E-state index contributed by atoms with van der Waals surface area (Å²) in [5, 5.41) is 13.6. The zero-order chi connectivity index (χ0) is 45.5. The average Bonchev–Trinajstić information content (AvgIpc) is 3.41. The molecule has 3 fully saturated rings. The van der Waals surface area contributed by atoms with E-state index in [-0.39, 0.29) is 29.7 Å². The first-order valence-corrected chi connectivity index (χ1v) is 19.9. The topological polar surface area (TPSA) is 253 Å². The minimum atomic E-state index is -2.84. The number of esters is 8. The maximum Gasteiger partial charge on any atom is 0.340 e. The van der Waals surface area contributed by atoms with Crippen LogP contribution in [0.25, 0.3) is 0 Å². The van der Waals surface area contributed by atoms with Gasteiger partial charge in [0.05, 0.1) is 28.7 Å². The fraction of sp³-hybridized carbons (Fsp3) is 0.558. The number of aliphatic hydroxyl groups is 1. The molecule has 2 aliphatic carbocycles. The van der Waals surface area contributed by atoms with Gasteiger partial charge in [-0.05, 0) is 51.0 Å². The lowest BCUT2D eigenvalue weighted by molar-refractivity contribution is -0.385. The number of hydrogen-bond donors (Lipinski definition) is 1. The Balaban J connectivity index is 1.79. The number of rotatable bonds is 8. The van der Waals surface area contributed by atoms with Crippen molar-refractivity contribution in [3.63, 3.8) is 0 Å². The van der Waals surface area contributed by atoms with Crippen molar-refractivity contribution in [1.82, 2.24) is 4.98 Å². The molecule has 1 N–H and O–H groups in total. The molecule has 19 heteroatoms. The van der Waals surface area contributed by atoms with Crippen molar-refractivity contribution >= 4 is 47.8 Å². The number of fused-ring (bicyclic) bond motifs is 5.